The van der Waals surface area contributed by atoms with Crippen LogP contribution in [0.2, 0.25) is 0 Å². The van der Waals surface area contributed by atoms with Crippen molar-refractivity contribution in [3.63, 3.8) is 0 Å². The standard InChI is InChI=1S/C10H18O2/c1-4-5-6-7-8-9-10(11-2)12-3/h10H,4-7H2,1-3H3. The van der Waals surface area contributed by atoms with Crippen LogP contribution < -0.4 is 0 Å². The molecule has 0 heterocycles. The van der Waals surface area contributed by atoms with E-state index in [-0.39, 0.29) is 6.29 Å². The molecule has 0 aliphatic rings. The van der Waals surface area contributed by atoms with Gasteiger partial charge in [0.05, 0.1) is 0 Å². The lowest BCUT2D eigenvalue weighted by Gasteiger charge is -2.03. The normalized spacial score (nSPS) is 9.67. The van der Waals surface area contributed by atoms with Crippen molar-refractivity contribution in [2.45, 2.75) is 38.9 Å². The van der Waals surface area contributed by atoms with E-state index in [4.69, 9.17) is 9.47 Å². The molecule has 0 radical (unpaired) electrons. The molecule has 0 aromatic carbocycles. The summed E-state index contributed by atoms with van der Waals surface area (Å²) in [6.45, 7) is 2.18. The monoisotopic (exact) mass is 170 g/mol. The van der Waals surface area contributed by atoms with Crippen LogP contribution in [0.5, 0.6) is 0 Å². The van der Waals surface area contributed by atoms with Crippen molar-refractivity contribution in [1.29, 1.82) is 0 Å². The zero-order valence-electron chi connectivity index (χ0n) is 8.22. The number of unbranched alkanes of at least 4 members (excludes halogenated alkanes) is 3. The predicted octanol–water partition coefficient (Wildman–Crippen LogP) is 2.19. The molecule has 12 heavy (non-hydrogen) atoms. The second-order valence-electron chi connectivity index (χ2n) is 2.58. The van der Waals surface area contributed by atoms with E-state index < -0.39 is 0 Å². The molecule has 0 aliphatic heterocycles. The lowest BCUT2D eigenvalue weighted by molar-refractivity contribution is -0.0595. The quantitative estimate of drug-likeness (QED) is 0.358. The maximum Gasteiger partial charge on any atom is 0.221 e. The highest BCUT2D eigenvalue weighted by Gasteiger charge is 1.95. The predicted molar refractivity (Wildman–Crippen MR) is 49.7 cm³/mol. The molecule has 0 rings (SSSR count). The van der Waals surface area contributed by atoms with Gasteiger partial charge in [-0.25, -0.2) is 0 Å². The highest BCUT2D eigenvalue weighted by atomic mass is 16.7. The molecule has 0 fully saturated rings. The van der Waals surface area contributed by atoms with Crippen molar-refractivity contribution in [1.82, 2.24) is 0 Å². The third-order valence-corrected chi connectivity index (χ3v) is 1.55. The molecule has 0 unspecified atom stereocenters. The lowest BCUT2D eigenvalue weighted by atomic mass is 10.2. The first kappa shape index (κ1) is 11.5. The molecular weight excluding hydrogens is 152 g/mol. The van der Waals surface area contributed by atoms with E-state index in [0.29, 0.717) is 0 Å². The molecule has 0 saturated carbocycles. The Kier molecular flexibility index (Phi) is 8.20. The molecule has 0 aliphatic carbocycles. The van der Waals surface area contributed by atoms with Gasteiger partial charge in [0.15, 0.2) is 0 Å². The molecule has 0 aromatic rings. The molecule has 0 spiro atoms. The van der Waals surface area contributed by atoms with Crippen LogP contribution in [0.15, 0.2) is 0 Å². The van der Waals surface area contributed by atoms with Crippen molar-refractivity contribution in [2.24, 2.45) is 0 Å². The van der Waals surface area contributed by atoms with E-state index in [1.807, 2.05) is 0 Å². The Labute approximate surface area is 75.3 Å². The van der Waals surface area contributed by atoms with Crippen LogP contribution >= 0.6 is 0 Å². The minimum Gasteiger partial charge on any atom is -0.345 e. The molecule has 0 bridgehead atoms. The number of methoxy groups -OCH3 is 2. The van der Waals surface area contributed by atoms with Gasteiger partial charge in [-0.05, 0) is 12.3 Å². The van der Waals surface area contributed by atoms with Crippen LogP contribution in [-0.2, 0) is 9.47 Å². The Morgan fingerprint density at radius 2 is 1.83 bits per heavy atom. The Balaban J connectivity index is 3.42. The largest absolute Gasteiger partial charge is 0.345 e. The van der Waals surface area contributed by atoms with E-state index in [1.165, 1.54) is 19.3 Å². The van der Waals surface area contributed by atoms with Crippen LogP contribution in [-0.4, -0.2) is 20.5 Å². The number of hydrogen-bond acceptors (Lipinski definition) is 2. The molecule has 0 saturated heterocycles. The van der Waals surface area contributed by atoms with Gasteiger partial charge in [0.1, 0.15) is 0 Å². The summed E-state index contributed by atoms with van der Waals surface area (Å²) in [5, 5.41) is 0. The highest BCUT2D eigenvalue weighted by molar-refractivity contribution is 5.01. The van der Waals surface area contributed by atoms with Crippen molar-refractivity contribution in [3.8, 4) is 11.8 Å². The molecule has 0 amide bonds. The maximum absolute atomic E-state index is 4.91. The molecule has 0 N–H and O–H groups in total. The maximum atomic E-state index is 4.91. The van der Waals surface area contributed by atoms with Gasteiger partial charge in [-0.1, -0.05) is 25.7 Å². The average Bonchev–Trinajstić information content (AvgIpc) is 2.11. The van der Waals surface area contributed by atoms with Gasteiger partial charge in [0.25, 0.3) is 0 Å². The van der Waals surface area contributed by atoms with Crippen molar-refractivity contribution in [3.05, 3.63) is 0 Å². The van der Waals surface area contributed by atoms with E-state index in [0.717, 1.165) is 6.42 Å². The van der Waals surface area contributed by atoms with Crippen molar-refractivity contribution in [2.75, 3.05) is 14.2 Å². The lowest BCUT2D eigenvalue weighted by Crippen LogP contribution is -2.09. The molecule has 0 atom stereocenters. The van der Waals surface area contributed by atoms with Gasteiger partial charge >= 0.3 is 0 Å². The molecule has 70 valence electrons. The molecular formula is C10H18O2. The fourth-order valence-electron chi connectivity index (χ4n) is 0.833. The van der Waals surface area contributed by atoms with Gasteiger partial charge in [-0.2, -0.15) is 0 Å². The topological polar surface area (TPSA) is 18.5 Å². The van der Waals surface area contributed by atoms with Crippen LogP contribution in [0, 0.1) is 11.8 Å². The summed E-state index contributed by atoms with van der Waals surface area (Å²) >= 11 is 0. The summed E-state index contributed by atoms with van der Waals surface area (Å²) in [5.74, 6) is 5.91. The summed E-state index contributed by atoms with van der Waals surface area (Å²) in [6.07, 6.45) is 4.24. The third-order valence-electron chi connectivity index (χ3n) is 1.55. The Morgan fingerprint density at radius 1 is 1.17 bits per heavy atom. The van der Waals surface area contributed by atoms with Crippen molar-refractivity contribution >= 4 is 0 Å². The van der Waals surface area contributed by atoms with Crippen LogP contribution in [0.3, 0.4) is 0 Å². The molecule has 2 heteroatoms. The molecule has 0 aromatic heterocycles. The summed E-state index contributed by atoms with van der Waals surface area (Å²) < 4.78 is 9.82. The van der Waals surface area contributed by atoms with Gasteiger partial charge in [-0.15, -0.1) is 0 Å². The van der Waals surface area contributed by atoms with E-state index >= 15 is 0 Å². The second-order valence-corrected chi connectivity index (χ2v) is 2.58. The van der Waals surface area contributed by atoms with Gasteiger partial charge < -0.3 is 9.47 Å². The van der Waals surface area contributed by atoms with Crippen LogP contribution in [0.1, 0.15) is 32.6 Å². The zero-order valence-corrected chi connectivity index (χ0v) is 8.22. The van der Waals surface area contributed by atoms with Crippen molar-refractivity contribution < 1.29 is 9.47 Å². The number of ether oxygens (including phenoxy) is 2. The number of rotatable bonds is 5. The zero-order chi connectivity index (χ0) is 9.23. The summed E-state index contributed by atoms with van der Waals surface area (Å²) in [7, 11) is 3.18. The second kappa shape index (κ2) is 8.58. The van der Waals surface area contributed by atoms with E-state index in [2.05, 4.69) is 18.8 Å². The average molecular weight is 170 g/mol. The van der Waals surface area contributed by atoms with Gasteiger partial charge in [-0.3, -0.25) is 0 Å². The number of hydrogen-bond donors (Lipinski definition) is 0. The Bertz CT molecular complexity index is 140. The summed E-state index contributed by atoms with van der Waals surface area (Å²) in [4.78, 5) is 0. The van der Waals surface area contributed by atoms with Gasteiger partial charge in [0.2, 0.25) is 6.29 Å². The minimum absolute atomic E-state index is 0.355. The fourth-order valence-corrected chi connectivity index (χ4v) is 0.833. The SMILES string of the molecule is CCCCCC#CC(OC)OC. The first-order chi connectivity index (χ1) is 5.85. The van der Waals surface area contributed by atoms with Crippen LogP contribution in [0.4, 0.5) is 0 Å². The Hall–Kier alpha value is -0.520. The fraction of sp³-hybridized carbons (Fsp3) is 0.800. The van der Waals surface area contributed by atoms with Crippen LogP contribution in [0.25, 0.3) is 0 Å². The Morgan fingerprint density at radius 3 is 2.33 bits per heavy atom. The third kappa shape index (κ3) is 6.21. The first-order valence-electron chi connectivity index (χ1n) is 4.39. The van der Waals surface area contributed by atoms with E-state index in [1.54, 1.807) is 14.2 Å². The van der Waals surface area contributed by atoms with Gasteiger partial charge in [0, 0.05) is 20.6 Å². The molecule has 2 nitrogen and oxygen atoms in total. The summed E-state index contributed by atoms with van der Waals surface area (Å²) in [5.41, 5.74) is 0. The van der Waals surface area contributed by atoms with E-state index in [9.17, 15) is 0 Å². The highest BCUT2D eigenvalue weighted by Crippen LogP contribution is 1.97. The first-order valence-corrected chi connectivity index (χ1v) is 4.39. The smallest absolute Gasteiger partial charge is 0.221 e. The minimum atomic E-state index is -0.355. The summed E-state index contributed by atoms with van der Waals surface area (Å²) in [6, 6.07) is 0.